The Balaban J connectivity index is 3.10. The Hall–Kier alpha value is -1.34. The Kier molecular flexibility index (Phi) is 3.20. The fraction of sp³-hybridized carbons (Fsp3) is 0.0909. The number of halogens is 2. The molecule has 18 heavy (non-hydrogen) atoms. The van der Waals surface area contributed by atoms with E-state index in [0.717, 1.165) is 0 Å². The van der Waals surface area contributed by atoms with Crippen molar-refractivity contribution >= 4 is 48.7 Å². The van der Waals surface area contributed by atoms with Crippen molar-refractivity contribution in [2.75, 3.05) is 0 Å². The lowest BCUT2D eigenvalue weighted by Gasteiger charge is -2.09. The number of phenols is 1. The van der Waals surface area contributed by atoms with Crippen LogP contribution in [0.3, 0.4) is 0 Å². The molecule has 0 fully saturated rings. The van der Waals surface area contributed by atoms with Gasteiger partial charge in [0, 0.05) is 0 Å². The van der Waals surface area contributed by atoms with Gasteiger partial charge in [-0.1, -0.05) is 0 Å². The lowest BCUT2D eigenvalue weighted by Crippen LogP contribution is -2.13. The van der Waals surface area contributed by atoms with Crippen molar-refractivity contribution in [3.05, 3.63) is 36.5 Å². The van der Waals surface area contributed by atoms with Crippen molar-refractivity contribution < 1.29 is 15.0 Å². The Morgan fingerprint density at radius 1 is 1.39 bits per heavy atom. The average Bonchev–Trinajstić information content (AvgIpc) is 2.29. The summed E-state index contributed by atoms with van der Waals surface area (Å²) >= 11 is 6.10. The summed E-state index contributed by atoms with van der Waals surface area (Å²) in [5.41, 5.74) is -0.0252. The van der Waals surface area contributed by atoms with Gasteiger partial charge in [-0.25, -0.2) is 4.79 Å². The molecule has 0 unspecified atom stereocenters. The molecule has 7 heteroatoms. The number of aromatic hydroxyl groups is 1. The fourth-order valence-electron chi connectivity index (χ4n) is 1.73. The molecule has 2 rings (SSSR count). The summed E-state index contributed by atoms with van der Waals surface area (Å²) in [6.45, 7) is 1.70. The molecule has 0 aliphatic rings. The van der Waals surface area contributed by atoms with Crippen LogP contribution in [0.5, 0.6) is 5.75 Å². The number of hydrogen-bond acceptors (Lipinski definition) is 3. The highest BCUT2D eigenvalue weighted by Crippen LogP contribution is 2.33. The van der Waals surface area contributed by atoms with Gasteiger partial charge in [0.05, 0.1) is 19.8 Å². The minimum atomic E-state index is -1.28. The second-order valence-corrected chi connectivity index (χ2v) is 5.37. The van der Waals surface area contributed by atoms with E-state index in [1.165, 1.54) is 0 Å². The van der Waals surface area contributed by atoms with E-state index in [0.29, 0.717) is 10.0 Å². The van der Waals surface area contributed by atoms with Crippen LogP contribution in [0.1, 0.15) is 16.1 Å². The number of benzene rings is 1. The number of carbonyl (C=O) groups is 1. The maximum absolute atomic E-state index is 12.1. The van der Waals surface area contributed by atoms with Gasteiger partial charge in [0.15, 0.2) is 5.75 Å². The summed E-state index contributed by atoms with van der Waals surface area (Å²) in [7, 11) is 0. The number of fused-ring (bicyclic) bond motifs is 1. The SMILES string of the molecule is Cc1cc(Br)c(O)c2[nH]c(C(=O)O)c(Br)c(=O)c12. The van der Waals surface area contributed by atoms with E-state index in [1.807, 2.05) is 0 Å². The zero-order valence-corrected chi connectivity index (χ0v) is 12.2. The first-order valence-corrected chi connectivity index (χ1v) is 6.40. The number of aromatic nitrogens is 1. The third-order valence-corrected chi connectivity index (χ3v) is 3.92. The normalized spacial score (nSPS) is 10.8. The first-order chi connectivity index (χ1) is 8.34. The molecular weight excluding hydrogens is 370 g/mol. The Labute approximate surface area is 118 Å². The summed E-state index contributed by atoms with van der Waals surface area (Å²) in [4.78, 5) is 25.6. The van der Waals surface area contributed by atoms with Crippen molar-refractivity contribution in [1.82, 2.24) is 4.98 Å². The van der Waals surface area contributed by atoms with Crippen molar-refractivity contribution in [2.45, 2.75) is 6.92 Å². The second kappa shape index (κ2) is 4.40. The maximum atomic E-state index is 12.1. The van der Waals surface area contributed by atoms with Crippen molar-refractivity contribution in [2.24, 2.45) is 0 Å². The summed E-state index contributed by atoms with van der Waals surface area (Å²) in [6, 6.07) is 1.60. The standard InChI is InChI=1S/C11H7Br2NO4/c1-3-2-4(12)9(15)7-5(3)10(16)6(13)8(14-7)11(17)18/h2,15H,1H3,(H,14,16)(H,17,18). The number of nitrogens with one attached hydrogen (secondary N) is 1. The summed E-state index contributed by atoms with van der Waals surface area (Å²) in [6.07, 6.45) is 0. The molecule has 94 valence electrons. The minimum Gasteiger partial charge on any atom is -0.505 e. The van der Waals surface area contributed by atoms with Gasteiger partial charge in [-0.15, -0.1) is 0 Å². The first-order valence-electron chi connectivity index (χ1n) is 4.81. The molecule has 2 aromatic rings. The van der Waals surface area contributed by atoms with E-state index in [9.17, 15) is 14.7 Å². The molecule has 0 saturated carbocycles. The van der Waals surface area contributed by atoms with Crippen LogP contribution in [0, 0.1) is 6.92 Å². The predicted octanol–water partition coefficient (Wildman–Crippen LogP) is 2.77. The van der Waals surface area contributed by atoms with E-state index in [2.05, 4.69) is 36.8 Å². The molecule has 1 heterocycles. The second-order valence-electron chi connectivity index (χ2n) is 3.72. The quantitative estimate of drug-likeness (QED) is 0.713. The number of aromatic carboxylic acids is 1. The molecule has 0 bridgehead atoms. The molecule has 1 aromatic heterocycles. The predicted molar refractivity (Wildman–Crippen MR) is 73.3 cm³/mol. The van der Waals surface area contributed by atoms with E-state index < -0.39 is 11.4 Å². The summed E-state index contributed by atoms with van der Waals surface area (Å²) in [5.74, 6) is -1.47. The molecule has 5 nitrogen and oxygen atoms in total. The van der Waals surface area contributed by atoms with Gasteiger partial charge >= 0.3 is 5.97 Å². The van der Waals surface area contributed by atoms with E-state index in [4.69, 9.17) is 5.11 Å². The Morgan fingerprint density at radius 3 is 2.56 bits per heavy atom. The van der Waals surface area contributed by atoms with Gasteiger partial charge in [-0.05, 0) is 50.4 Å². The van der Waals surface area contributed by atoms with Gasteiger partial charge in [0.2, 0.25) is 5.43 Å². The third kappa shape index (κ3) is 1.83. The number of H-pyrrole nitrogens is 1. The fourth-order valence-corrected chi connectivity index (χ4v) is 2.74. The van der Waals surface area contributed by atoms with Crippen LogP contribution in [0.2, 0.25) is 0 Å². The summed E-state index contributed by atoms with van der Waals surface area (Å²) in [5, 5.41) is 19.1. The average molecular weight is 377 g/mol. The molecule has 0 aliphatic heterocycles. The van der Waals surface area contributed by atoms with Crippen molar-refractivity contribution in [3.63, 3.8) is 0 Å². The minimum absolute atomic E-state index is 0.0627. The number of pyridine rings is 1. The molecule has 0 atom stereocenters. The number of aryl methyl sites for hydroxylation is 1. The molecule has 1 aromatic carbocycles. The highest BCUT2D eigenvalue weighted by Gasteiger charge is 2.19. The lowest BCUT2D eigenvalue weighted by molar-refractivity contribution is 0.0689. The third-order valence-electron chi connectivity index (χ3n) is 2.56. The molecular formula is C11H7Br2NO4. The largest absolute Gasteiger partial charge is 0.505 e. The van der Waals surface area contributed by atoms with Gasteiger partial charge in [-0.3, -0.25) is 4.79 Å². The molecule has 0 aliphatic carbocycles. The smallest absolute Gasteiger partial charge is 0.353 e. The lowest BCUT2D eigenvalue weighted by atomic mass is 10.1. The number of rotatable bonds is 1. The number of aromatic amines is 1. The van der Waals surface area contributed by atoms with Crippen LogP contribution < -0.4 is 5.43 Å². The van der Waals surface area contributed by atoms with Crippen LogP contribution in [0.25, 0.3) is 10.9 Å². The van der Waals surface area contributed by atoms with Crippen LogP contribution in [0.4, 0.5) is 0 Å². The zero-order valence-electron chi connectivity index (χ0n) is 9.04. The van der Waals surface area contributed by atoms with Gasteiger partial charge in [0.1, 0.15) is 5.69 Å². The highest BCUT2D eigenvalue weighted by molar-refractivity contribution is 9.10. The molecule has 3 N–H and O–H groups in total. The number of hydrogen-bond donors (Lipinski definition) is 3. The van der Waals surface area contributed by atoms with Crippen molar-refractivity contribution in [3.8, 4) is 5.75 Å². The molecule has 0 amide bonds. The monoisotopic (exact) mass is 375 g/mol. The topological polar surface area (TPSA) is 90.4 Å². The van der Waals surface area contributed by atoms with Gasteiger partial charge < -0.3 is 15.2 Å². The van der Waals surface area contributed by atoms with Crippen LogP contribution >= 0.6 is 31.9 Å². The van der Waals surface area contributed by atoms with Crippen LogP contribution in [-0.4, -0.2) is 21.2 Å². The molecule has 0 radical (unpaired) electrons. The maximum Gasteiger partial charge on any atom is 0.353 e. The van der Waals surface area contributed by atoms with Crippen LogP contribution in [0.15, 0.2) is 19.8 Å². The first kappa shape index (κ1) is 13.1. The van der Waals surface area contributed by atoms with E-state index in [-0.39, 0.29) is 26.8 Å². The number of carboxylic acids is 1. The molecule has 0 saturated heterocycles. The number of carboxylic acid groups (broad SMARTS) is 1. The van der Waals surface area contributed by atoms with Crippen molar-refractivity contribution in [1.29, 1.82) is 0 Å². The van der Waals surface area contributed by atoms with E-state index >= 15 is 0 Å². The summed E-state index contributed by atoms with van der Waals surface area (Å²) < 4.78 is 0.328. The zero-order chi connectivity index (χ0) is 13.6. The molecule has 0 spiro atoms. The van der Waals surface area contributed by atoms with Gasteiger partial charge in [0.25, 0.3) is 0 Å². The number of phenolic OH excluding ortho intramolecular Hbond substituents is 1. The Morgan fingerprint density at radius 2 is 2.00 bits per heavy atom. The van der Waals surface area contributed by atoms with Gasteiger partial charge in [-0.2, -0.15) is 0 Å². The highest BCUT2D eigenvalue weighted by atomic mass is 79.9. The van der Waals surface area contributed by atoms with E-state index in [1.54, 1.807) is 13.0 Å². The van der Waals surface area contributed by atoms with Crippen LogP contribution in [-0.2, 0) is 0 Å². The Bertz CT molecular complexity index is 736.